The summed E-state index contributed by atoms with van der Waals surface area (Å²) in [6, 6.07) is 5.24. The van der Waals surface area contributed by atoms with Gasteiger partial charge >= 0.3 is 12.1 Å². The number of rotatable bonds is 3. The van der Waals surface area contributed by atoms with Gasteiger partial charge in [-0.3, -0.25) is 9.67 Å². The number of nitrogens with zero attached hydrogens (tertiary/aromatic N) is 5. The Morgan fingerprint density at radius 2 is 2.00 bits per heavy atom. The highest BCUT2D eigenvalue weighted by Crippen LogP contribution is 2.28. The van der Waals surface area contributed by atoms with E-state index in [-0.39, 0.29) is 11.5 Å². The van der Waals surface area contributed by atoms with E-state index in [1.54, 1.807) is 18.3 Å². The third-order valence-electron chi connectivity index (χ3n) is 3.16. The second-order valence-corrected chi connectivity index (χ2v) is 5.06. The summed E-state index contributed by atoms with van der Waals surface area (Å²) in [7, 11) is 0. The van der Waals surface area contributed by atoms with E-state index in [1.165, 1.54) is 0 Å². The highest BCUT2D eigenvalue weighted by Gasteiger charge is 2.38. The van der Waals surface area contributed by atoms with Crippen molar-refractivity contribution >= 4 is 0 Å². The Balaban J connectivity index is 1.79. The minimum absolute atomic E-state index is 0.199. The fourth-order valence-corrected chi connectivity index (χ4v) is 2.10. The number of aromatic nitrogens is 5. The van der Waals surface area contributed by atoms with E-state index in [1.807, 2.05) is 24.6 Å². The number of hydrogen-bond donors (Lipinski definition) is 0. The summed E-state index contributed by atoms with van der Waals surface area (Å²) in [6.07, 6.45) is -3.12. The predicted molar refractivity (Wildman–Crippen MR) is 73.3 cm³/mol. The fourth-order valence-electron chi connectivity index (χ4n) is 2.10. The van der Waals surface area contributed by atoms with Crippen LogP contribution in [-0.4, -0.2) is 24.9 Å². The third kappa shape index (κ3) is 3.22. The van der Waals surface area contributed by atoms with Crippen molar-refractivity contribution in [3.05, 3.63) is 47.2 Å². The molecule has 3 rings (SSSR count). The molecule has 0 aliphatic heterocycles. The molecule has 3 aromatic heterocycles. The van der Waals surface area contributed by atoms with Crippen LogP contribution in [-0.2, 0) is 12.7 Å². The summed E-state index contributed by atoms with van der Waals surface area (Å²) in [4.78, 5) is 7.38. The first-order valence-corrected chi connectivity index (χ1v) is 6.70. The van der Waals surface area contributed by atoms with Crippen LogP contribution in [0.3, 0.4) is 0 Å². The van der Waals surface area contributed by atoms with Crippen LogP contribution in [0.5, 0.6) is 0 Å². The molecule has 0 N–H and O–H groups in total. The van der Waals surface area contributed by atoms with Crippen molar-refractivity contribution in [3.8, 4) is 11.5 Å². The monoisotopic (exact) mass is 323 g/mol. The van der Waals surface area contributed by atoms with Gasteiger partial charge in [0.25, 0.3) is 0 Å². The van der Waals surface area contributed by atoms with Gasteiger partial charge in [0.15, 0.2) is 0 Å². The number of alkyl halides is 3. The Morgan fingerprint density at radius 1 is 1.22 bits per heavy atom. The summed E-state index contributed by atoms with van der Waals surface area (Å²) in [5.41, 5.74) is 3.00. The van der Waals surface area contributed by atoms with E-state index in [4.69, 9.17) is 0 Å². The minimum Gasteiger partial charge on any atom is -0.329 e. The van der Waals surface area contributed by atoms with E-state index in [9.17, 15) is 13.2 Å². The Bertz CT molecular complexity index is 820. The van der Waals surface area contributed by atoms with Crippen molar-refractivity contribution in [2.45, 2.75) is 26.6 Å². The molecule has 0 saturated carbocycles. The van der Waals surface area contributed by atoms with E-state index in [0.717, 1.165) is 17.0 Å². The van der Waals surface area contributed by atoms with Crippen molar-refractivity contribution in [3.63, 3.8) is 0 Å². The molecule has 0 saturated heterocycles. The van der Waals surface area contributed by atoms with Crippen molar-refractivity contribution < 1.29 is 17.7 Å². The first-order chi connectivity index (χ1) is 10.8. The smallest absolute Gasteiger partial charge is 0.329 e. The fraction of sp³-hybridized carbons (Fsp3) is 0.286. The molecule has 0 aliphatic rings. The second-order valence-electron chi connectivity index (χ2n) is 5.06. The molecule has 0 bridgehead atoms. The van der Waals surface area contributed by atoms with Gasteiger partial charge in [-0.25, -0.2) is 0 Å². The molecule has 23 heavy (non-hydrogen) atoms. The van der Waals surface area contributed by atoms with Crippen LogP contribution in [0.2, 0.25) is 0 Å². The first-order valence-electron chi connectivity index (χ1n) is 6.70. The van der Waals surface area contributed by atoms with E-state index < -0.39 is 12.1 Å². The Kier molecular flexibility index (Phi) is 3.63. The lowest BCUT2D eigenvalue weighted by molar-refractivity contribution is -0.159. The maximum absolute atomic E-state index is 12.4. The molecule has 3 aromatic rings. The molecule has 0 fully saturated rings. The molecular weight excluding hydrogens is 311 g/mol. The Hall–Kier alpha value is -2.71. The summed E-state index contributed by atoms with van der Waals surface area (Å²) in [6.45, 7) is 4.37. The topological polar surface area (TPSA) is 69.6 Å². The van der Waals surface area contributed by atoms with Gasteiger partial charge in [-0.2, -0.15) is 23.3 Å². The zero-order chi connectivity index (χ0) is 16.6. The Morgan fingerprint density at radius 3 is 2.52 bits per heavy atom. The number of hydrogen-bond acceptors (Lipinski definition) is 5. The van der Waals surface area contributed by atoms with Gasteiger partial charge in [0.05, 0.1) is 12.2 Å². The third-order valence-corrected chi connectivity index (χ3v) is 3.16. The predicted octanol–water partition coefficient (Wildman–Crippen LogP) is 3.01. The van der Waals surface area contributed by atoms with Crippen LogP contribution < -0.4 is 0 Å². The van der Waals surface area contributed by atoms with E-state index in [0.29, 0.717) is 6.54 Å². The number of aryl methyl sites for hydroxylation is 2. The van der Waals surface area contributed by atoms with E-state index in [2.05, 4.69) is 24.7 Å². The molecular formula is C14H12F3N5O. The highest BCUT2D eigenvalue weighted by atomic mass is 19.4. The SMILES string of the molecule is Cc1cc(C)n(Cc2ccc(-c3noc(C(F)(F)F)n3)nc2)n1. The second kappa shape index (κ2) is 5.49. The summed E-state index contributed by atoms with van der Waals surface area (Å²) >= 11 is 0. The number of pyridine rings is 1. The summed E-state index contributed by atoms with van der Waals surface area (Å²) < 4.78 is 43.3. The molecule has 6 nitrogen and oxygen atoms in total. The Labute approximate surface area is 129 Å². The molecule has 0 radical (unpaired) electrons. The number of halogens is 3. The molecule has 3 heterocycles. The van der Waals surface area contributed by atoms with Crippen molar-refractivity contribution in [2.24, 2.45) is 0 Å². The van der Waals surface area contributed by atoms with Crippen LogP contribution in [0, 0.1) is 13.8 Å². The van der Waals surface area contributed by atoms with Crippen LogP contribution in [0.4, 0.5) is 13.2 Å². The van der Waals surface area contributed by atoms with Crippen molar-refractivity contribution in [2.75, 3.05) is 0 Å². The lowest BCUT2D eigenvalue weighted by Gasteiger charge is -2.04. The maximum atomic E-state index is 12.4. The zero-order valence-electron chi connectivity index (χ0n) is 12.3. The van der Waals surface area contributed by atoms with Gasteiger partial charge in [0.1, 0.15) is 5.69 Å². The molecule has 120 valence electrons. The van der Waals surface area contributed by atoms with Crippen LogP contribution in [0.15, 0.2) is 28.9 Å². The van der Waals surface area contributed by atoms with Crippen LogP contribution in [0.25, 0.3) is 11.5 Å². The lowest BCUT2D eigenvalue weighted by atomic mass is 10.2. The van der Waals surface area contributed by atoms with Crippen molar-refractivity contribution in [1.29, 1.82) is 0 Å². The molecule has 9 heteroatoms. The largest absolute Gasteiger partial charge is 0.471 e. The standard InChI is InChI=1S/C14H12F3N5O/c1-8-5-9(2)22(20-8)7-10-3-4-11(18-6-10)12-19-13(23-21-12)14(15,16)17/h3-6H,7H2,1-2H3. The highest BCUT2D eigenvalue weighted by molar-refractivity contribution is 5.48. The molecule has 0 aromatic carbocycles. The average Bonchev–Trinajstić information content (AvgIpc) is 3.07. The van der Waals surface area contributed by atoms with Crippen LogP contribution in [0.1, 0.15) is 22.8 Å². The lowest BCUT2D eigenvalue weighted by Crippen LogP contribution is -2.05. The van der Waals surface area contributed by atoms with Gasteiger partial charge in [-0.05, 0) is 31.5 Å². The minimum atomic E-state index is -4.67. The van der Waals surface area contributed by atoms with Crippen molar-refractivity contribution in [1.82, 2.24) is 24.9 Å². The van der Waals surface area contributed by atoms with E-state index >= 15 is 0 Å². The van der Waals surface area contributed by atoms with Crippen LogP contribution >= 0.6 is 0 Å². The van der Waals surface area contributed by atoms with Gasteiger partial charge in [0, 0.05) is 11.9 Å². The summed E-state index contributed by atoms with van der Waals surface area (Å²) in [5, 5.41) is 7.64. The van der Waals surface area contributed by atoms with Gasteiger partial charge in [0.2, 0.25) is 5.82 Å². The maximum Gasteiger partial charge on any atom is 0.471 e. The molecule has 0 unspecified atom stereocenters. The molecule has 0 atom stereocenters. The molecule has 0 spiro atoms. The quantitative estimate of drug-likeness (QED) is 0.741. The van der Waals surface area contributed by atoms with Gasteiger partial charge < -0.3 is 4.52 Å². The molecule has 0 aliphatic carbocycles. The molecule has 0 amide bonds. The normalized spacial score (nSPS) is 11.9. The van der Waals surface area contributed by atoms with Gasteiger partial charge in [-0.15, -0.1) is 0 Å². The first kappa shape index (κ1) is 15.2. The zero-order valence-corrected chi connectivity index (χ0v) is 12.3. The summed E-state index contributed by atoms with van der Waals surface area (Å²) in [5.74, 6) is -1.59. The van der Waals surface area contributed by atoms with Gasteiger partial charge in [-0.1, -0.05) is 11.2 Å². The average molecular weight is 323 g/mol.